The number of carbonyl (C=O) groups excluding carboxylic acids is 3. The maximum atomic E-state index is 12.9. The van der Waals surface area contributed by atoms with E-state index in [0.717, 1.165) is 24.6 Å². The molecule has 2 aliphatic heterocycles. The van der Waals surface area contributed by atoms with Gasteiger partial charge in [-0.15, -0.1) is 0 Å². The van der Waals surface area contributed by atoms with E-state index in [4.69, 9.17) is 32.7 Å². The van der Waals surface area contributed by atoms with Gasteiger partial charge in [0.05, 0.1) is 46.2 Å². The first kappa shape index (κ1) is 25.2. The van der Waals surface area contributed by atoms with Crippen molar-refractivity contribution >= 4 is 52.7 Å². The molecule has 0 bridgehead atoms. The Morgan fingerprint density at radius 3 is 2.45 bits per heavy atom. The molecule has 1 aromatic rings. The second-order valence-corrected chi connectivity index (χ2v) is 9.25. The van der Waals surface area contributed by atoms with E-state index in [1.54, 1.807) is 11.8 Å². The Morgan fingerprint density at radius 1 is 1.27 bits per heavy atom. The number of amides is 2. The molecule has 3 rings (SSSR count). The number of carbonyl (C=O) groups is 3. The summed E-state index contributed by atoms with van der Waals surface area (Å²) in [6.07, 6.45) is 1.92. The van der Waals surface area contributed by atoms with E-state index in [0.29, 0.717) is 25.3 Å². The number of methoxy groups -OCH3 is 1. The molecule has 2 heterocycles. The van der Waals surface area contributed by atoms with E-state index in [9.17, 15) is 19.6 Å². The summed E-state index contributed by atoms with van der Waals surface area (Å²) >= 11 is 13.8. The zero-order valence-corrected chi connectivity index (χ0v) is 20.5. The number of allylic oxidation sites excluding steroid dienone is 1. The molecule has 0 radical (unpaired) electrons. The second-order valence-electron chi connectivity index (χ2n) is 7.45. The lowest BCUT2D eigenvalue weighted by atomic mass is 9.78. The lowest BCUT2D eigenvalue weighted by Gasteiger charge is -2.31. The Kier molecular flexibility index (Phi) is 8.51. The highest BCUT2D eigenvalue weighted by Crippen LogP contribution is 2.44. The third-order valence-electron chi connectivity index (χ3n) is 5.45. The second kappa shape index (κ2) is 11.1. The van der Waals surface area contributed by atoms with Crippen molar-refractivity contribution in [2.24, 2.45) is 5.92 Å². The van der Waals surface area contributed by atoms with Crippen molar-refractivity contribution in [3.8, 4) is 11.8 Å². The van der Waals surface area contributed by atoms with Crippen molar-refractivity contribution in [3.05, 3.63) is 38.3 Å². The minimum Gasteiger partial charge on any atom is -0.491 e. The van der Waals surface area contributed by atoms with E-state index in [-0.39, 0.29) is 38.1 Å². The van der Waals surface area contributed by atoms with E-state index in [1.165, 1.54) is 19.2 Å². The fourth-order valence-corrected chi connectivity index (χ4v) is 5.48. The molecule has 0 aliphatic carbocycles. The number of hydrogen-bond donors (Lipinski definition) is 1. The first-order valence-corrected chi connectivity index (χ1v) is 12.1. The molecule has 0 unspecified atom stereocenters. The van der Waals surface area contributed by atoms with Gasteiger partial charge in [0.25, 0.3) is 0 Å². The van der Waals surface area contributed by atoms with Crippen LogP contribution >= 0.6 is 35.0 Å². The summed E-state index contributed by atoms with van der Waals surface area (Å²) in [5, 5.41) is 13.2. The van der Waals surface area contributed by atoms with Gasteiger partial charge in [0.1, 0.15) is 5.92 Å². The Bertz CT molecular complexity index is 1010. The van der Waals surface area contributed by atoms with Gasteiger partial charge in [-0.05, 0) is 37.5 Å². The van der Waals surface area contributed by atoms with Gasteiger partial charge in [0, 0.05) is 19.0 Å². The van der Waals surface area contributed by atoms with Crippen molar-refractivity contribution < 1.29 is 23.9 Å². The maximum Gasteiger partial charge on any atom is 0.319 e. The number of benzene rings is 1. The van der Waals surface area contributed by atoms with Crippen molar-refractivity contribution in [1.29, 1.82) is 5.26 Å². The van der Waals surface area contributed by atoms with E-state index in [1.807, 2.05) is 0 Å². The zero-order chi connectivity index (χ0) is 24.1. The molecular formula is C22H23Cl2N3O5S. The molecule has 8 nitrogen and oxygen atoms in total. The Labute approximate surface area is 206 Å². The zero-order valence-electron chi connectivity index (χ0n) is 18.2. The number of halogens is 2. The molecule has 2 amide bonds. The number of thioether (sulfide) groups is 1. The Morgan fingerprint density at radius 2 is 1.91 bits per heavy atom. The molecular weight excluding hydrogens is 489 g/mol. The van der Waals surface area contributed by atoms with Gasteiger partial charge >= 0.3 is 5.97 Å². The third-order valence-corrected chi connectivity index (χ3v) is 7.01. The Hall–Kier alpha value is -2.41. The maximum absolute atomic E-state index is 12.9. The van der Waals surface area contributed by atoms with Crippen LogP contribution in [0, 0.1) is 17.2 Å². The normalized spacial score (nSPS) is 20.3. The fourth-order valence-electron chi connectivity index (χ4n) is 3.91. The largest absolute Gasteiger partial charge is 0.491 e. The summed E-state index contributed by atoms with van der Waals surface area (Å²) in [5.74, 6) is -3.50. The summed E-state index contributed by atoms with van der Waals surface area (Å²) in [6.45, 7) is 3.52. The number of nitrogens with zero attached hydrogens (tertiary/aromatic N) is 2. The van der Waals surface area contributed by atoms with Gasteiger partial charge in [-0.2, -0.15) is 5.26 Å². The van der Waals surface area contributed by atoms with Crippen LogP contribution in [0.5, 0.6) is 5.75 Å². The highest BCUT2D eigenvalue weighted by Gasteiger charge is 2.45. The molecule has 33 heavy (non-hydrogen) atoms. The molecule has 2 atom stereocenters. The van der Waals surface area contributed by atoms with Gasteiger partial charge in [0.2, 0.25) is 11.8 Å². The minimum atomic E-state index is -1.33. The average molecular weight is 512 g/mol. The number of rotatable bonds is 7. The number of esters is 1. The van der Waals surface area contributed by atoms with Crippen LogP contribution in [-0.2, 0) is 19.1 Å². The molecule has 1 N–H and O–H groups in total. The van der Waals surface area contributed by atoms with Crippen molar-refractivity contribution in [1.82, 2.24) is 10.2 Å². The highest BCUT2D eigenvalue weighted by atomic mass is 35.5. The van der Waals surface area contributed by atoms with Crippen LogP contribution in [0.4, 0.5) is 0 Å². The first-order valence-electron chi connectivity index (χ1n) is 10.4. The molecule has 0 spiro atoms. The molecule has 0 saturated carbocycles. The number of nitrogens with one attached hydrogen (secondary N) is 1. The molecule has 1 saturated heterocycles. The smallest absolute Gasteiger partial charge is 0.319 e. The van der Waals surface area contributed by atoms with Crippen LogP contribution in [0.1, 0.15) is 31.2 Å². The average Bonchev–Trinajstić information content (AvgIpc) is 3.33. The fraction of sp³-hybridized carbons (Fsp3) is 0.455. The molecule has 0 aromatic heterocycles. The molecule has 11 heteroatoms. The van der Waals surface area contributed by atoms with Gasteiger partial charge in [-0.3, -0.25) is 14.4 Å². The molecule has 1 aromatic carbocycles. The van der Waals surface area contributed by atoms with E-state index < -0.39 is 23.7 Å². The van der Waals surface area contributed by atoms with Crippen LogP contribution in [0.25, 0.3) is 0 Å². The van der Waals surface area contributed by atoms with Crippen LogP contribution < -0.4 is 10.1 Å². The SMILES string of the molecule is CCOc1c(Cl)cc([C@H]2C(C#N)=C(SCC(=O)N3CCCC3)NC(=O)[C@H]2C(=O)OC)cc1Cl. The summed E-state index contributed by atoms with van der Waals surface area (Å²) in [7, 11) is 1.17. The van der Waals surface area contributed by atoms with Gasteiger partial charge < -0.3 is 19.7 Å². The standard InChI is InChI=1S/C22H23Cl2N3O5S/c1-3-32-19-14(23)8-12(9-15(19)24)17-13(10-25)21(26-20(29)18(17)22(30)31-2)33-11-16(28)27-6-4-5-7-27/h8-9,17-18H,3-7,11H2,1-2H3,(H,26,29)/t17-,18-/m0/s1. The quantitative estimate of drug-likeness (QED) is 0.440. The van der Waals surface area contributed by atoms with Crippen molar-refractivity contribution in [2.75, 3.05) is 32.6 Å². The predicted octanol–water partition coefficient (Wildman–Crippen LogP) is 3.49. The van der Waals surface area contributed by atoms with Crippen LogP contribution in [0.3, 0.4) is 0 Å². The number of likely N-dealkylation sites (tertiary alicyclic amines) is 1. The summed E-state index contributed by atoms with van der Waals surface area (Å²) in [6, 6.07) is 5.14. The van der Waals surface area contributed by atoms with Crippen LogP contribution in [0.15, 0.2) is 22.7 Å². The molecule has 1 fully saturated rings. The predicted molar refractivity (Wildman–Crippen MR) is 125 cm³/mol. The van der Waals surface area contributed by atoms with Crippen molar-refractivity contribution in [3.63, 3.8) is 0 Å². The summed E-state index contributed by atoms with van der Waals surface area (Å²) in [5.41, 5.74) is 0.514. The Balaban J connectivity index is 2.02. The minimum absolute atomic E-state index is 0.0567. The molecule has 2 aliphatic rings. The lowest BCUT2D eigenvalue weighted by molar-refractivity contribution is -0.150. The number of nitriles is 1. The molecule has 176 valence electrons. The topological polar surface area (TPSA) is 109 Å². The highest BCUT2D eigenvalue weighted by molar-refractivity contribution is 8.03. The van der Waals surface area contributed by atoms with Crippen LogP contribution in [0.2, 0.25) is 10.0 Å². The third kappa shape index (κ3) is 5.40. The van der Waals surface area contributed by atoms with Crippen LogP contribution in [-0.4, -0.2) is 55.2 Å². The number of ether oxygens (including phenoxy) is 2. The van der Waals surface area contributed by atoms with Gasteiger partial charge in [-0.1, -0.05) is 35.0 Å². The van der Waals surface area contributed by atoms with E-state index >= 15 is 0 Å². The van der Waals surface area contributed by atoms with E-state index in [2.05, 4.69) is 11.4 Å². The lowest BCUT2D eigenvalue weighted by Crippen LogP contribution is -2.44. The van der Waals surface area contributed by atoms with Gasteiger partial charge in [-0.25, -0.2) is 0 Å². The number of hydrogen-bond acceptors (Lipinski definition) is 7. The summed E-state index contributed by atoms with van der Waals surface area (Å²) < 4.78 is 10.3. The monoisotopic (exact) mass is 511 g/mol. The summed E-state index contributed by atoms with van der Waals surface area (Å²) in [4.78, 5) is 39.7. The van der Waals surface area contributed by atoms with Gasteiger partial charge in [0.15, 0.2) is 5.75 Å². The first-order chi connectivity index (χ1) is 15.8. The van der Waals surface area contributed by atoms with Crippen molar-refractivity contribution in [2.45, 2.75) is 25.7 Å².